The topological polar surface area (TPSA) is 105 Å². The molecular formula is C12H15NO6. The van der Waals surface area contributed by atoms with E-state index in [1.54, 1.807) is 24.3 Å². The molecule has 0 aliphatic heterocycles. The number of carboxylic acid groups (broad SMARTS) is 1. The summed E-state index contributed by atoms with van der Waals surface area (Å²) in [7, 11) is 1.53. The number of aliphatic carboxylic acids is 1. The molecule has 0 unspecified atom stereocenters. The highest BCUT2D eigenvalue weighted by Crippen LogP contribution is 2.16. The average molecular weight is 269 g/mol. The first-order valence-electron chi connectivity index (χ1n) is 5.46. The molecule has 0 saturated carbocycles. The number of methoxy groups -OCH3 is 1. The predicted molar refractivity (Wildman–Crippen MR) is 65.1 cm³/mol. The summed E-state index contributed by atoms with van der Waals surface area (Å²) >= 11 is 0. The molecule has 0 aliphatic rings. The smallest absolute Gasteiger partial charge is 0.328 e. The first kappa shape index (κ1) is 14.8. The highest BCUT2D eigenvalue weighted by molar-refractivity contribution is 5.84. The van der Waals surface area contributed by atoms with Gasteiger partial charge in [0.15, 0.2) is 6.61 Å². The second-order valence-electron chi connectivity index (χ2n) is 3.61. The summed E-state index contributed by atoms with van der Waals surface area (Å²) in [6.07, 6.45) is 0. The Morgan fingerprint density at radius 3 is 2.32 bits per heavy atom. The molecule has 0 heterocycles. The standard InChI is InChI=1S/C12H15NO6/c1-18-8-2-4-9(5-3-8)19-7-11(15)13-10(6-14)12(16)17/h2-5,10,14H,6-7H2,1H3,(H,13,15)(H,16,17)/t10-/m1/s1. The lowest BCUT2D eigenvalue weighted by molar-refractivity contribution is -0.143. The minimum atomic E-state index is -1.33. The van der Waals surface area contributed by atoms with Gasteiger partial charge in [-0.1, -0.05) is 0 Å². The van der Waals surface area contributed by atoms with Gasteiger partial charge in [0, 0.05) is 0 Å². The number of hydrogen-bond donors (Lipinski definition) is 3. The molecule has 0 saturated heterocycles. The molecule has 7 heteroatoms. The van der Waals surface area contributed by atoms with E-state index in [0.29, 0.717) is 11.5 Å². The van der Waals surface area contributed by atoms with Crippen LogP contribution in [0.2, 0.25) is 0 Å². The van der Waals surface area contributed by atoms with Crippen molar-refractivity contribution in [1.29, 1.82) is 0 Å². The van der Waals surface area contributed by atoms with Crippen molar-refractivity contribution in [3.8, 4) is 11.5 Å². The maximum Gasteiger partial charge on any atom is 0.328 e. The Morgan fingerprint density at radius 2 is 1.84 bits per heavy atom. The molecule has 1 atom stereocenters. The Labute approximate surface area is 109 Å². The van der Waals surface area contributed by atoms with Gasteiger partial charge in [-0.3, -0.25) is 4.79 Å². The number of aliphatic hydroxyl groups is 1. The van der Waals surface area contributed by atoms with Crippen LogP contribution in [0.1, 0.15) is 0 Å². The maximum absolute atomic E-state index is 11.4. The van der Waals surface area contributed by atoms with E-state index in [-0.39, 0.29) is 6.61 Å². The zero-order valence-corrected chi connectivity index (χ0v) is 10.3. The number of benzene rings is 1. The van der Waals surface area contributed by atoms with E-state index in [2.05, 4.69) is 5.32 Å². The van der Waals surface area contributed by atoms with E-state index < -0.39 is 24.5 Å². The summed E-state index contributed by atoms with van der Waals surface area (Å²) in [5, 5.41) is 19.5. The number of aliphatic hydroxyl groups excluding tert-OH is 1. The summed E-state index contributed by atoms with van der Waals surface area (Å²) in [6.45, 7) is -1.01. The molecule has 7 nitrogen and oxygen atoms in total. The number of carboxylic acids is 1. The van der Waals surface area contributed by atoms with Crippen LogP contribution in [-0.2, 0) is 9.59 Å². The number of hydrogen-bond acceptors (Lipinski definition) is 5. The number of carbonyl (C=O) groups is 2. The fraction of sp³-hybridized carbons (Fsp3) is 0.333. The van der Waals surface area contributed by atoms with E-state index in [4.69, 9.17) is 19.7 Å². The van der Waals surface area contributed by atoms with Crippen LogP contribution in [0.25, 0.3) is 0 Å². The molecule has 0 fully saturated rings. The molecule has 1 aromatic rings. The highest BCUT2D eigenvalue weighted by Gasteiger charge is 2.18. The van der Waals surface area contributed by atoms with Crippen LogP contribution in [0.15, 0.2) is 24.3 Å². The molecule has 3 N–H and O–H groups in total. The second-order valence-corrected chi connectivity index (χ2v) is 3.61. The average Bonchev–Trinajstić information content (AvgIpc) is 2.42. The molecular weight excluding hydrogens is 254 g/mol. The van der Waals surface area contributed by atoms with Crippen molar-refractivity contribution in [3.05, 3.63) is 24.3 Å². The largest absolute Gasteiger partial charge is 0.497 e. The van der Waals surface area contributed by atoms with Gasteiger partial charge in [0.2, 0.25) is 0 Å². The van der Waals surface area contributed by atoms with Crippen LogP contribution in [0, 0.1) is 0 Å². The van der Waals surface area contributed by atoms with Crippen LogP contribution in [-0.4, -0.2) is 48.5 Å². The lowest BCUT2D eigenvalue weighted by Gasteiger charge is -2.12. The molecule has 0 bridgehead atoms. The van der Waals surface area contributed by atoms with Gasteiger partial charge in [0.1, 0.15) is 17.5 Å². The van der Waals surface area contributed by atoms with Crippen molar-refractivity contribution < 1.29 is 29.3 Å². The van der Waals surface area contributed by atoms with Crippen molar-refractivity contribution in [2.75, 3.05) is 20.3 Å². The van der Waals surface area contributed by atoms with Gasteiger partial charge in [0.25, 0.3) is 5.91 Å². The van der Waals surface area contributed by atoms with Crippen LogP contribution in [0.4, 0.5) is 0 Å². The highest BCUT2D eigenvalue weighted by atomic mass is 16.5. The van der Waals surface area contributed by atoms with E-state index in [0.717, 1.165) is 0 Å². The fourth-order valence-electron chi connectivity index (χ4n) is 1.24. The first-order chi connectivity index (χ1) is 9.06. The van der Waals surface area contributed by atoms with E-state index in [1.165, 1.54) is 7.11 Å². The van der Waals surface area contributed by atoms with Crippen molar-refractivity contribution in [1.82, 2.24) is 5.32 Å². The maximum atomic E-state index is 11.4. The SMILES string of the molecule is COc1ccc(OCC(=O)N[C@H](CO)C(=O)O)cc1. The molecule has 0 aliphatic carbocycles. The summed E-state index contributed by atoms with van der Waals surface area (Å²) in [5.74, 6) is -0.826. The van der Waals surface area contributed by atoms with Crippen molar-refractivity contribution >= 4 is 11.9 Å². The van der Waals surface area contributed by atoms with Gasteiger partial charge in [-0.05, 0) is 24.3 Å². The van der Waals surface area contributed by atoms with Crippen molar-refractivity contribution in [3.63, 3.8) is 0 Å². The van der Waals surface area contributed by atoms with E-state index in [1.807, 2.05) is 0 Å². The number of ether oxygens (including phenoxy) is 2. The van der Waals surface area contributed by atoms with Gasteiger partial charge in [-0.25, -0.2) is 4.79 Å². The molecule has 0 aromatic heterocycles. The molecule has 0 radical (unpaired) electrons. The Morgan fingerprint density at radius 1 is 1.26 bits per heavy atom. The van der Waals surface area contributed by atoms with Crippen LogP contribution in [0.3, 0.4) is 0 Å². The Kier molecular flexibility index (Phi) is 5.62. The molecule has 1 rings (SSSR count). The Balaban J connectivity index is 2.42. The Bertz CT molecular complexity index is 430. The quantitative estimate of drug-likeness (QED) is 0.624. The molecule has 0 spiro atoms. The minimum absolute atomic E-state index is 0.337. The van der Waals surface area contributed by atoms with Crippen molar-refractivity contribution in [2.45, 2.75) is 6.04 Å². The minimum Gasteiger partial charge on any atom is -0.497 e. The zero-order valence-electron chi connectivity index (χ0n) is 10.3. The third kappa shape index (κ3) is 4.84. The summed E-state index contributed by atoms with van der Waals surface area (Å²) in [6, 6.07) is 5.24. The van der Waals surface area contributed by atoms with E-state index >= 15 is 0 Å². The number of rotatable bonds is 7. The van der Waals surface area contributed by atoms with Crippen molar-refractivity contribution in [2.24, 2.45) is 0 Å². The van der Waals surface area contributed by atoms with Gasteiger partial charge < -0.3 is 25.0 Å². The molecule has 1 aromatic carbocycles. The Hall–Kier alpha value is -2.28. The lowest BCUT2D eigenvalue weighted by Crippen LogP contribution is -2.45. The summed E-state index contributed by atoms with van der Waals surface area (Å²) < 4.78 is 10.1. The predicted octanol–water partition coefficient (Wildman–Crippen LogP) is -0.364. The summed E-state index contributed by atoms with van der Waals surface area (Å²) in [5.41, 5.74) is 0. The number of nitrogens with one attached hydrogen (secondary N) is 1. The fourth-order valence-corrected chi connectivity index (χ4v) is 1.24. The summed E-state index contributed by atoms with van der Waals surface area (Å²) in [4.78, 5) is 22.0. The van der Waals surface area contributed by atoms with Gasteiger partial charge in [-0.15, -0.1) is 0 Å². The third-order valence-electron chi connectivity index (χ3n) is 2.25. The van der Waals surface area contributed by atoms with Gasteiger partial charge in [0.05, 0.1) is 13.7 Å². The normalized spacial score (nSPS) is 11.5. The first-order valence-corrected chi connectivity index (χ1v) is 5.46. The van der Waals surface area contributed by atoms with Crippen LogP contribution < -0.4 is 14.8 Å². The zero-order chi connectivity index (χ0) is 14.3. The van der Waals surface area contributed by atoms with Gasteiger partial charge in [-0.2, -0.15) is 0 Å². The number of amides is 1. The molecule has 19 heavy (non-hydrogen) atoms. The van der Waals surface area contributed by atoms with Crippen LogP contribution >= 0.6 is 0 Å². The van der Waals surface area contributed by atoms with E-state index in [9.17, 15) is 9.59 Å². The molecule has 104 valence electrons. The lowest BCUT2D eigenvalue weighted by atomic mass is 10.3. The monoisotopic (exact) mass is 269 g/mol. The molecule has 1 amide bonds. The van der Waals surface area contributed by atoms with Crippen LogP contribution in [0.5, 0.6) is 11.5 Å². The second kappa shape index (κ2) is 7.22. The number of carbonyl (C=O) groups excluding carboxylic acids is 1. The van der Waals surface area contributed by atoms with Gasteiger partial charge >= 0.3 is 5.97 Å². The third-order valence-corrected chi connectivity index (χ3v) is 2.25.